The first-order valence-electron chi connectivity index (χ1n) is 5.82. The second kappa shape index (κ2) is 5.21. The maximum atomic E-state index is 12.1. The van der Waals surface area contributed by atoms with Gasteiger partial charge in [-0.05, 0) is 35.7 Å². The molecule has 2 aromatic heterocycles. The predicted octanol–water partition coefficient (Wildman–Crippen LogP) is 4.33. The van der Waals surface area contributed by atoms with Crippen LogP contribution in [0.3, 0.4) is 0 Å². The molecule has 21 heavy (non-hydrogen) atoms. The summed E-state index contributed by atoms with van der Waals surface area (Å²) in [6.45, 7) is 0. The molecule has 0 radical (unpaired) electrons. The lowest BCUT2D eigenvalue weighted by atomic mass is 10.3. The van der Waals surface area contributed by atoms with Crippen LogP contribution in [-0.2, 0) is 0 Å². The third-order valence-corrected chi connectivity index (χ3v) is 3.50. The highest BCUT2D eigenvalue weighted by atomic mass is 32.1. The van der Waals surface area contributed by atoms with Gasteiger partial charge in [-0.25, -0.2) is 9.97 Å². The Bertz CT molecular complexity index is 755. The molecule has 0 saturated carbocycles. The third kappa shape index (κ3) is 3.22. The molecule has 0 amide bonds. The Hall–Kier alpha value is -2.35. The van der Waals surface area contributed by atoms with Gasteiger partial charge in [-0.15, -0.1) is 24.5 Å². The fraction of sp³-hybridized carbons (Fsp3) is 0.0769. The number of hydrogen-bond donors (Lipinski definition) is 1. The molecule has 4 nitrogen and oxygen atoms in total. The Morgan fingerprint density at radius 3 is 2.52 bits per heavy atom. The van der Waals surface area contributed by atoms with Crippen LogP contribution < -0.4 is 10.1 Å². The van der Waals surface area contributed by atoms with E-state index in [1.54, 1.807) is 0 Å². The van der Waals surface area contributed by atoms with E-state index >= 15 is 0 Å². The van der Waals surface area contributed by atoms with Gasteiger partial charge in [0.25, 0.3) is 0 Å². The highest BCUT2D eigenvalue weighted by molar-refractivity contribution is 7.17. The van der Waals surface area contributed by atoms with Crippen molar-refractivity contribution in [1.82, 2.24) is 9.97 Å². The van der Waals surface area contributed by atoms with Crippen molar-refractivity contribution >= 4 is 33.1 Å². The van der Waals surface area contributed by atoms with Crippen molar-refractivity contribution < 1.29 is 17.9 Å². The number of rotatable bonds is 3. The van der Waals surface area contributed by atoms with Crippen molar-refractivity contribution in [1.29, 1.82) is 0 Å². The van der Waals surface area contributed by atoms with Gasteiger partial charge in [0.1, 0.15) is 12.1 Å². The third-order valence-electron chi connectivity index (χ3n) is 2.59. The maximum absolute atomic E-state index is 12.1. The van der Waals surface area contributed by atoms with E-state index in [-0.39, 0.29) is 5.75 Å². The van der Waals surface area contributed by atoms with Gasteiger partial charge in [-0.1, -0.05) is 0 Å². The van der Waals surface area contributed by atoms with Crippen LogP contribution >= 0.6 is 11.3 Å². The molecule has 108 valence electrons. The Morgan fingerprint density at radius 1 is 1.05 bits per heavy atom. The summed E-state index contributed by atoms with van der Waals surface area (Å²) >= 11 is 1.48. The van der Waals surface area contributed by atoms with E-state index in [0.717, 1.165) is 10.2 Å². The molecule has 0 bridgehead atoms. The van der Waals surface area contributed by atoms with Gasteiger partial charge < -0.3 is 10.1 Å². The smallest absolute Gasteiger partial charge is 0.406 e. The van der Waals surface area contributed by atoms with E-state index < -0.39 is 6.36 Å². The average molecular weight is 311 g/mol. The molecule has 0 atom stereocenters. The summed E-state index contributed by atoms with van der Waals surface area (Å²) in [6.07, 6.45) is -3.26. The number of thiophene rings is 1. The van der Waals surface area contributed by atoms with Gasteiger partial charge in [0.15, 0.2) is 5.82 Å². The van der Waals surface area contributed by atoms with Gasteiger partial charge in [-0.2, -0.15) is 0 Å². The summed E-state index contributed by atoms with van der Waals surface area (Å²) in [6, 6.07) is 7.32. The molecule has 3 aromatic rings. The predicted molar refractivity (Wildman–Crippen MR) is 73.8 cm³/mol. The normalized spacial score (nSPS) is 11.6. The Labute approximate surface area is 121 Å². The van der Waals surface area contributed by atoms with Crippen molar-refractivity contribution in [3.8, 4) is 5.75 Å². The summed E-state index contributed by atoms with van der Waals surface area (Å²) in [4.78, 5) is 8.25. The van der Waals surface area contributed by atoms with Crippen LogP contribution in [0, 0.1) is 0 Å². The van der Waals surface area contributed by atoms with E-state index in [2.05, 4.69) is 20.0 Å². The zero-order valence-electron chi connectivity index (χ0n) is 10.4. The quantitative estimate of drug-likeness (QED) is 0.782. The first-order chi connectivity index (χ1) is 10.0. The molecule has 1 N–H and O–H groups in total. The minimum Gasteiger partial charge on any atom is -0.406 e. The molecule has 0 saturated heterocycles. The number of anilines is 2. The number of halogens is 3. The zero-order valence-corrected chi connectivity index (χ0v) is 11.2. The number of benzene rings is 1. The van der Waals surface area contributed by atoms with Gasteiger partial charge in [0.05, 0.1) is 10.2 Å². The molecule has 3 rings (SSSR count). The number of aromatic nitrogens is 2. The summed E-state index contributed by atoms with van der Waals surface area (Å²) < 4.78 is 40.9. The molecule has 0 aliphatic carbocycles. The number of nitrogens with one attached hydrogen (secondary N) is 1. The van der Waals surface area contributed by atoms with Crippen LogP contribution in [0.1, 0.15) is 0 Å². The van der Waals surface area contributed by atoms with E-state index in [9.17, 15) is 13.2 Å². The molecule has 0 unspecified atom stereocenters. The van der Waals surface area contributed by atoms with Crippen LogP contribution in [0.4, 0.5) is 24.7 Å². The second-order valence-corrected chi connectivity index (χ2v) is 4.97. The highest BCUT2D eigenvalue weighted by Gasteiger charge is 2.30. The molecule has 8 heteroatoms. The Morgan fingerprint density at radius 2 is 1.81 bits per heavy atom. The first-order valence-corrected chi connectivity index (χ1v) is 6.70. The molecular weight excluding hydrogens is 303 g/mol. The summed E-state index contributed by atoms with van der Waals surface area (Å²) in [5.74, 6) is 0.344. The SMILES string of the molecule is FC(F)(F)Oc1ccc(Nc2ncnc3ccsc23)cc1. The number of fused-ring (bicyclic) bond motifs is 1. The monoisotopic (exact) mass is 311 g/mol. The molecule has 0 fully saturated rings. The van der Waals surface area contributed by atoms with Crippen LogP contribution in [0.15, 0.2) is 42.0 Å². The minimum atomic E-state index is -4.69. The van der Waals surface area contributed by atoms with Crippen LogP contribution in [0.25, 0.3) is 10.2 Å². The van der Waals surface area contributed by atoms with Crippen molar-refractivity contribution in [2.24, 2.45) is 0 Å². The summed E-state index contributed by atoms with van der Waals surface area (Å²) in [5.41, 5.74) is 1.42. The number of hydrogen-bond acceptors (Lipinski definition) is 5. The standard InChI is InChI=1S/C13H8F3N3OS/c14-13(15,16)20-9-3-1-8(2-4-9)19-12-11-10(5-6-21-11)17-7-18-12/h1-7H,(H,17,18,19). The fourth-order valence-corrected chi connectivity index (χ4v) is 2.54. The number of nitrogens with zero attached hydrogens (tertiary/aromatic N) is 2. The van der Waals surface area contributed by atoms with Gasteiger partial charge in [-0.3, -0.25) is 0 Å². The van der Waals surface area contributed by atoms with Crippen molar-refractivity contribution in [3.05, 3.63) is 42.0 Å². The largest absolute Gasteiger partial charge is 0.573 e. The summed E-state index contributed by atoms with van der Waals surface area (Å²) in [7, 11) is 0. The lowest BCUT2D eigenvalue weighted by Crippen LogP contribution is -2.16. The van der Waals surface area contributed by atoms with Gasteiger partial charge in [0.2, 0.25) is 0 Å². The molecule has 1 aromatic carbocycles. The second-order valence-electron chi connectivity index (χ2n) is 4.05. The zero-order chi connectivity index (χ0) is 14.9. The lowest BCUT2D eigenvalue weighted by molar-refractivity contribution is -0.274. The van der Waals surface area contributed by atoms with Crippen molar-refractivity contribution in [2.45, 2.75) is 6.36 Å². The maximum Gasteiger partial charge on any atom is 0.573 e. The van der Waals surface area contributed by atoms with Gasteiger partial charge >= 0.3 is 6.36 Å². The van der Waals surface area contributed by atoms with E-state index in [4.69, 9.17) is 0 Å². The summed E-state index contributed by atoms with van der Waals surface area (Å²) in [5, 5.41) is 4.94. The number of alkyl halides is 3. The van der Waals surface area contributed by atoms with Crippen molar-refractivity contribution in [2.75, 3.05) is 5.32 Å². The Kier molecular flexibility index (Phi) is 3.38. The lowest BCUT2D eigenvalue weighted by Gasteiger charge is -2.10. The number of ether oxygens (including phenoxy) is 1. The molecule has 2 heterocycles. The van der Waals surface area contributed by atoms with Crippen LogP contribution in [0.2, 0.25) is 0 Å². The van der Waals surface area contributed by atoms with E-state index in [0.29, 0.717) is 11.5 Å². The molecule has 0 aliphatic rings. The molecule has 0 aliphatic heterocycles. The van der Waals surface area contributed by atoms with Crippen molar-refractivity contribution in [3.63, 3.8) is 0 Å². The van der Waals surface area contributed by atoms with Crippen LogP contribution in [0.5, 0.6) is 5.75 Å². The average Bonchev–Trinajstić information content (AvgIpc) is 2.89. The molecule has 0 spiro atoms. The van der Waals surface area contributed by atoms with E-state index in [1.165, 1.54) is 41.9 Å². The fourth-order valence-electron chi connectivity index (χ4n) is 1.75. The van der Waals surface area contributed by atoms with Crippen LogP contribution in [-0.4, -0.2) is 16.3 Å². The Balaban J connectivity index is 1.81. The van der Waals surface area contributed by atoms with E-state index in [1.807, 2.05) is 11.4 Å². The first kappa shape index (κ1) is 13.6. The van der Waals surface area contributed by atoms with Gasteiger partial charge in [0, 0.05) is 5.69 Å². The molecular formula is C13H8F3N3OS. The topological polar surface area (TPSA) is 47.0 Å². The highest BCUT2D eigenvalue weighted by Crippen LogP contribution is 2.29. The minimum absolute atomic E-state index is 0.267.